The van der Waals surface area contributed by atoms with Crippen molar-refractivity contribution in [3.8, 4) is 23.6 Å². The number of aromatic nitrogens is 1. The van der Waals surface area contributed by atoms with Gasteiger partial charge in [-0.25, -0.2) is 4.98 Å². The number of nitriles is 2. The first-order chi connectivity index (χ1) is 16.3. The molecule has 0 radical (unpaired) electrons. The van der Waals surface area contributed by atoms with Crippen molar-refractivity contribution in [1.82, 2.24) is 4.98 Å². The normalized spacial score (nSPS) is 11.9. The second-order valence-corrected chi connectivity index (χ2v) is 9.04. The van der Waals surface area contributed by atoms with Gasteiger partial charge in [0.05, 0.1) is 28.5 Å². The summed E-state index contributed by atoms with van der Waals surface area (Å²) in [6.45, 7) is 4.21. The largest absolute Gasteiger partial charge is 0.772 e. The van der Waals surface area contributed by atoms with Gasteiger partial charge in [-0.1, -0.05) is 26.0 Å². The van der Waals surface area contributed by atoms with Crippen molar-refractivity contribution < 1.29 is 22.7 Å². The third kappa shape index (κ3) is 5.75. The van der Waals surface area contributed by atoms with Crippen LogP contribution in [0, 0.1) is 22.7 Å². The van der Waals surface area contributed by atoms with Crippen molar-refractivity contribution in [2.45, 2.75) is 31.6 Å². The predicted octanol–water partition coefficient (Wildman–Crippen LogP) is 4.32. The lowest BCUT2D eigenvalue weighted by molar-refractivity contribution is 0.268. The summed E-state index contributed by atoms with van der Waals surface area (Å²) in [6.07, 6.45) is 1.15. The molecule has 8 nitrogen and oxygen atoms in total. The van der Waals surface area contributed by atoms with E-state index >= 15 is 0 Å². The van der Waals surface area contributed by atoms with Crippen molar-refractivity contribution in [3.63, 3.8) is 0 Å². The molecule has 1 atom stereocenters. The molecule has 176 valence electrons. The summed E-state index contributed by atoms with van der Waals surface area (Å²) in [5, 5.41) is 19.2. The number of halogens is 1. The number of rotatable bonds is 10. The average molecular weight is 499 g/mol. The van der Waals surface area contributed by atoms with Crippen LogP contribution >= 0.6 is 11.6 Å². The molecule has 3 rings (SSSR count). The minimum Gasteiger partial charge on any atom is -0.772 e. The van der Waals surface area contributed by atoms with Gasteiger partial charge in [0.1, 0.15) is 36.9 Å². The quantitative estimate of drug-likeness (QED) is 0.298. The molecule has 1 aromatic heterocycles. The molecule has 0 aliphatic heterocycles. The fourth-order valence-corrected chi connectivity index (χ4v) is 3.90. The number of oxazole rings is 1. The van der Waals surface area contributed by atoms with Gasteiger partial charge in [0.15, 0.2) is 12.2 Å². The number of hydrogen-bond acceptors (Lipinski definition) is 8. The minimum atomic E-state index is -2.31. The second kappa shape index (κ2) is 11.2. The zero-order chi connectivity index (χ0) is 24.7. The van der Waals surface area contributed by atoms with Crippen LogP contribution in [0.15, 0.2) is 47.2 Å². The molecule has 0 amide bonds. The Labute approximate surface area is 205 Å². The Balaban J connectivity index is 1.84. The number of benzene rings is 2. The van der Waals surface area contributed by atoms with E-state index in [0.717, 1.165) is 17.5 Å². The molecule has 0 aliphatic carbocycles. The van der Waals surface area contributed by atoms with Crippen molar-refractivity contribution in [2.75, 3.05) is 12.5 Å². The Bertz CT molecular complexity index is 1280. The molecule has 1 unspecified atom stereocenters. The van der Waals surface area contributed by atoms with E-state index in [9.17, 15) is 19.3 Å². The summed E-state index contributed by atoms with van der Waals surface area (Å²) in [5.74, 6) is 1.11. The van der Waals surface area contributed by atoms with E-state index in [1.54, 1.807) is 24.3 Å². The number of nitrogens with zero attached hydrogens (tertiary/aromatic N) is 3. The standard InChI is InChI=1S/C24H22ClN3O5S/c1-24(2,18-3-5-21(31-8-7-25)16(9-18)11-26)19-4-6-22(17(10-19)12-27)32-13-23-20(14-34(29)30)28-15-33-23/h3-6,9-10,15H,7-8,13-14H2,1-2H3,(H,29,30)/p-1. The zero-order valence-corrected chi connectivity index (χ0v) is 20.1. The maximum absolute atomic E-state index is 11.0. The molecule has 0 bridgehead atoms. The van der Waals surface area contributed by atoms with Crippen LogP contribution < -0.4 is 9.47 Å². The first kappa shape index (κ1) is 25.3. The molecule has 34 heavy (non-hydrogen) atoms. The van der Waals surface area contributed by atoms with Crippen molar-refractivity contribution in [3.05, 3.63) is 76.5 Å². The molecule has 0 saturated heterocycles. The smallest absolute Gasteiger partial charge is 0.181 e. The van der Waals surface area contributed by atoms with E-state index < -0.39 is 16.5 Å². The van der Waals surface area contributed by atoms with E-state index in [4.69, 9.17) is 25.5 Å². The summed E-state index contributed by atoms with van der Waals surface area (Å²) in [6, 6.07) is 14.9. The van der Waals surface area contributed by atoms with Crippen LogP contribution in [0.1, 0.15) is 47.6 Å². The molecule has 0 N–H and O–H groups in total. The average Bonchev–Trinajstić information content (AvgIpc) is 3.27. The van der Waals surface area contributed by atoms with Gasteiger partial charge in [-0.15, -0.1) is 11.6 Å². The second-order valence-electron chi connectivity index (χ2n) is 7.77. The lowest BCUT2D eigenvalue weighted by atomic mass is 9.77. The molecule has 10 heteroatoms. The number of hydrogen-bond donors (Lipinski definition) is 0. The summed E-state index contributed by atoms with van der Waals surface area (Å²) < 4.78 is 38.4. The molecule has 1 heterocycles. The summed E-state index contributed by atoms with van der Waals surface area (Å²) in [5.41, 5.74) is 2.15. The van der Waals surface area contributed by atoms with Gasteiger partial charge in [-0.05, 0) is 46.5 Å². The van der Waals surface area contributed by atoms with Gasteiger partial charge < -0.3 is 18.4 Å². The third-order valence-electron chi connectivity index (χ3n) is 5.32. The zero-order valence-electron chi connectivity index (χ0n) is 18.5. The molecule has 0 fully saturated rings. The predicted molar refractivity (Wildman–Crippen MR) is 124 cm³/mol. The van der Waals surface area contributed by atoms with E-state index in [0.29, 0.717) is 35.1 Å². The molecule has 0 saturated carbocycles. The van der Waals surface area contributed by atoms with Gasteiger partial charge in [0.25, 0.3) is 0 Å². The minimum absolute atomic E-state index is 0.0702. The summed E-state index contributed by atoms with van der Waals surface area (Å²) in [4.78, 5) is 3.88. The topological polar surface area (TPSA) is 132 Å². The van der Waals surface area contributed by atoms with Crippen LogP contribution in [-0.2, 0) is 28.9 Å². The van der Waals surface area contributed by atoms with Gasteiger partial charge in [-0.3, -0.25) is 4.21 Å². The highest BCUT2D eigenvalue weighted by Gasteiger charge is 2.26. The van der Waals surface area contributed by atoms with Crippen molar-refractivity contribution in [2.24, 2.45) is 0 Å². The van der Waals surface area contributed by atoms with Crippen LogP contribution in [0.25, 0.3) is 0 Å². The highest BCUT2D eigenvalue weighted by molar-refractivity contribution is 7.78. The van der Waals surface area contributed by atoms with Gasteiger partial charge >= 0.3 is 0 Å². The Morgan fingerprint density at radius 3 is 2.21 bits per heavy atom. The lowest BCUT2D eigenvalue weighted by Gasteiger charge is -2.27. The Morgan fingerprint density at radius 1 is 1.09 bits per heavy atom. The molecule has 0 aliphatic rings. The first-order valence-corrected chi connectivity index (χ1v) is 12.0. The molecule has 2 aromatic carbocycles. The van der Waals surface area contributed by atoms with Crippen molar-refractivity contribution >= 4 is 22.7 Å². The number of ether oxygens (including phenoxy) is 2. The summed E-state index contributed by atoms with van der Waals surface area (Å²) >= 11 is 3.36. The molecule has 0 spiro atoms. The van der Waals surface area contributed by atoms with E-state index in [1.807, 2.05) is 26.0 Å². The van der Waals surface area contributed by atoms with E-state index in [-0.39, 0.29) is 23.8 Å². The third-order valence-corrected chi connectivity index (χ3v) is 5.98. The Hall–Kier alpha value is -3.37. The van der Waals surface area contributed by atoms with Gasteiger partial charge in [0.2, 0.25) is 0 Å². The monoisotopic (exact) mass is 498 g/mol. The lowest BCUT2D eigenvalue weighted by Crippen LogP contribution is -2.19. The summed E-state index contributed by atoms with van der Waals surface area (Å²) in [7, 11) is 0. The Kier molecular flexibility index (Phi) is 8.30. The molecular weight excluding hydrogens is 478 g/mol. The van der Waals surface area contributed by atoms with E-state index in [2.05, 4.69) is 17.1 Å². The maximum atomic E-state index is 11.0. The highest BCUT2D eigenvalue weighted by atomic mass is 35.5. The van der Waals surface area contributed by atoms with Crippen LogP contribution in [0.5, 0.6) is 11.5 Å². The first-order valence-electron chi connectivity index (χ1n) is 10.2. The fourth-order valence-electron chi connectivity index (χ4n) is 3.36. The van der Waals surface area contributed by atoms with Gasteiger partial charge in [0, 0.05) is 5.41 Å². The fraction of sp³-hybridized carbons (Fsp3) is 0.292. The molecular formula is C24H21ClN3O5S-. The van der Waals surface area contributed by atoms with Crippen LogP contribution in [0.3, 0.4) is 0 Å². The van der Waals surface area contributed by atoms with Crippen molar-refractivity contribution in [1.29, 1.82) is 10.5 Å². The van der Waals surface area contributed by atoms with Crippen LogP contribution in [0.2, 0.25) is 0 Å². The van der Waals surface area contributed by atoms with E-state index in [1.165, 1.54) is 0 Å². The number of alkyl halides is 1. The van der Waals surface area contributed by atoms with Gasteiger partial charge in [-0.2, -0.15) is 10.5 Å². The van der Waals surface area contributed by atoms with Crippen LogP contribution in [-0.4, -0.2) is 26.2 Å². The Morgan fingerprint density at radius 2 is 1.68 bits per heavy atom. The SMILES string of the molecule is CC(C)(c1ccc(OCCCl)c(C#N)c1)c1ccc(OCc2ocnc2CS(=O)[O-])c(C#N)c1. The highest BCUT2D eigenvalue weighted by Crippen LogP contribution is 2.36. The van der Waals surface area contributed by atoms with Crippen LogP contribution in [0.4, 0.5) is 0 Å². The molecule has 3 aromatic rings. The maximum Gasteiger partial charge on any atom is 0.181 e.